The standard InChI is InChI=1S/C15H28N2/c16-12-15(6-7-15)13-17-10-8-14(9-11-17)4-2-1-3-5-14/h1-13,16H2. The molecule has 3 aliphatic rings. The molecule has 2 heteroatoms. The molecule has 2 aliphatic carbocycles. The molecule has 3 fully saturated rings. The van der Waals surface area contributed by atoms with Crippen LogP contribution in [0.4, 0.5) is 0 Å². The van der Waals surface area contributed by atoms with Gasteiger partial charge < -0.3 is 10.6 Å². The van der Waals surface area contributed by atoms with Crippen LogP contribution in [0.3, 0.4) is 0 Å². The van der Waals surface area contributed by atoms with Crippen molar-refractivity contribution in [1.82, 2.24) is 4.90 Å². The maximum absolute atomic E-state index is 5.90. The summed E-state index contributed by atoms with van der Waals surface area (Å²) in [5.41, 5.74) is 7.19. The van der Waals surface area contributed by atoms with E-state index in [1.165, 1.54) is 77.4 Å². The summed E-state index contributed by atoms with van der Waals surface area (Å²) in [6.45, 7) is 4.90. The SMILES string of the molecule is NCC1(CN2CCC3(CCCCC3)CC2)CC1. The summed E-state index contributed by atoms with van der Waals surface area (Å²) in [5.74, 6) is 0. The highest BCUT2D eigenvalue weighted by molar-refractivity contribution is 4.98. The van der Waals surface area contributed by atoms with Crippen molar-refractivity contribution in [3.63, 3.8) is 0 Å². The smallest absolute Gasteiger partial charge is 0.00501 e. The molecule has 3 rings (SSSR count). The monoisotopic (exact) mass is 236 g/mol. The molecule has 1 saturated heterocycles. The number of likely N-dealkylation sites (tertiary alicyclic amines) is 1. The first kappa shape index (κ1) is 12.0. The van der Waals surface area contributed by atoms with Crippen LogP contribution in [0.15, 0.2) is 0 Å². The maximum atomic E-state index is 5.90. The third kappa shape index (κ3) is 2.53. The molecule has 0 atom stereocenters. The summed E-state index contributed by atoms with van der Waals surface area (Å²) in [6, 6.07) is 0. The first-order valence-electron chi connectivity index (χ1n) is 7.69. The largest absolute Gasteiger partial charge is 0.330 e. The number of piperidine rings is 1. The van der Waals surface area contributed by atoms with Crippen molar-refractivity contribution < 1.29 is 0 Å². The molecule has 0 bridgehead atoms. The molecule has 17 heavy (non-hydrogen) atoms. The molecule has 0 amide bonds. The fourth-order valence-electron chi connectivity index (χ4n) is 4.07. The average molecular weight is 236 g/mol. The zero-order valence-corrected chi connectivity index (χ0v) is 11.2. The van der Waals surface area contributed by atoms with Gasteiger partial charge in [-0.2, -0.15) is 0 Å². The lowest BCUT2D eigenvalue weighted by Gasteiger charge is -2.45. The molecular formula is C15H28N2. The van der Waals surface area contributed by atoms with Crippen LogP contribution in [0.2, 0.25) is 0 Å². The molecule has 2 nitrogen and oxygen atoms in total. The Labute approximate surface area is 106 Å². The van der Waals surface area contributed by atoms with Crippen molar-refractivity contribution >= 4 is 0 Å². The van der Waals surface area contributed by atoms with E-state index in [0.29, 0.717) is 5.41 Å². The fraction of sp³-hybridized carbons (Fsp3) is 1.00. The van der Waals surface area contributed by atoms with E-state index in [0.717, 1.165) is 12.0 Å². The normalized spacial score (nSPS) is 31.6. The van der Waals surface area contributed by atoms with Crippen LogP contribution < -0.4 is 5.73 Å². The number of hydrogen-bond acceptors (Lipinski definition) is 2. The minimum Gasteiger partial charge on any atom is -0.330 e. The molecule has 0 aromatic heterocycles. The molecular weight excluding hydrogens is 208 g/mol. The van der Waals surface area contributed by atoms with Gasteiger partial charge in [-0.15, -0.1) is 0 Å². The second-order valence-electron chi connectivity index (χ2n) is 7.04. The number of rotatable bonds is 3. The Morgan fingerprint density at radius 1 is 0.824 bits per heavy atom. The van der Waals surface area contributed by atoms with Crippen molar-refractivity contribution in [1.29, 1.82) is 0 Å². The maximum Gasteiger partial charge on any atom is 0.00501 e. The summed E-state index contributed by atoms with van der Waals surface area (Å²) in [6.07, 6.45) is 13.2. The molecule has 0 unspecified atom stereocenters. The third-order valence-corrected chi connectivity index (χ3v) is 5.78. The Balaban J connectivity index is 1.50. The van der Waals surface area contributed by atoms with Gasteiger partial charge in [-0.1, -0.05) is 19.3 Å². The van der Waals surface area contributed by atoms with Crippen LogP contribution in [-0.2, 0) is 0 Å². The highest BCUT2D eigenvalue weighted by atomic mass is 15.1. The quantitative estimate of drug-likeness (QED) is 0.816. The van der Waals surface area contributed by atoms with Crippen molar-refractivity contribution in [3.8, 4) is 0 Å². The zero-order valence-electron chi connectivity index (χ0n) is 11.2. The Kier molecular flexibility index (Phi) is 3.20. The van der Waals surface area contributed by atoms with Crippen LogP contribution in [0.1, 0.15) is 57.8 Å². The van der Waals surface area contributed by atoms with Crippen LogP contribution >= 0.6 is 0 Å². The number of nitrogens with two attached hydrogens (primary N) is 1. The predicted octanol–water partition coefficient (Wildman–Crippen LogP) is 2.77. The lowest BCUT2D eigenvalue weighted by molar-refractivity contribution is 0.0579. The molecule has 98 valence electrons. The molecule has 1 aliphatic heterocycles. The third-order valence-electron chi connectivity index (χ3n) is 5.78. The second kappa shape index (κ2) is 4.55. The molecule has 1 spiro atoms. The van der Waals surface area contributed by atoms with E-state index in [4.69, 9.17) is 5.73 Å². The van der Waals surface area contributed by atoms with E-state index < -0.39 is 0 Å². The fourth-order valence-corrected chi connectivity index (χ4v) is 4.07. The number of nitrogens with zero attached hydrogens (tertiary/aromatic N) is 1. The minimum absolute atomic E-state index is 0.539. The lowest BCUT2D eigenvalue weighted by atomic mass is 9.68. The second-order valence-corrected chi connectivity index (χ2v) is 7.04. The Bertz CT molecular complexity index is 254. The Hall–Kier alpha value is -0.0800. The van der Waals surface area contributed by atoms with E-state index in [1.807, 2.05) is 0 Å². The van der Waals surface area contributed by atoms with E-state index in [9.17, 15) is 0 Å². The Morgan fingerprint density at radius 3 is 2.00 bits per heavy atom. The van der Waals surface area contributed by atoms with E-state index >= 15 is 0 Å². The summed E-state index contributed by atoms with van der Waals surface area (Å²) in [4.78, 5) is 2.71. The molecule has 0 aromatic carbocycles. The van der Waals surface area contributed by atoms with Gasteiger partial charge in [0.05, 0.1) is 0 Å². The van der Waals surface area contributed by atoms with E-state index in [-0.39, 0.29) is 0 Å². The van der Waals surface area contributed by atoms with Crippen LogP contribution in [0.25, 0.3) is 0 Å². The van der Waals surface area contributed by atoms with Crippen LogP contribution in [-0.4, -0.2) is 31.1 Å². The van der Waals surface area contributed by atoms with Gasteiger partial charge in [-0.05, 0) is 69.0 Å². The summed E-state index contributed by atoms with van der Waals surface area (Å²) in [5, 5.41) is 0. The van der Waals surface area contributed by atoms with E-state index in [2.05, 4.69) is 4.90 Å². The molecule has 0 aromatic rings. The molecule has 0 radical (unpaired) electrons. The Morgan fingerprint density at radius 2 is 1.47 bits per heavy atom. The van der Waals surface area contributed by atoms with Gasteiger partial charge in [0, 0.05) is 6.54 Å². The van der Waals surface area contributed by atoms with Crippen molar-refractivity contribution in [3.05, 3.63) is 0 Å². The van der Waals surface area contributed by atoms with Crippen molar-refractivity contribution in [2.75, 3.05) is 26.2 Å². The van der Waals surface area contributed by atoms with Gasteiger partial charge in [0.1, 0.15) is 0 Å². The van der Waals surface area contributed by atoms with Crippen LogP contribution in [0.5, 0.6) is 0 Å². The minimum atomic E-state index is 0.539. The van der Waals surface area contributed by atoms with Gasteiger partial charge in [0.2, 0.25) is 0 Å². The summed E-state index contributed by atoms with van der Waals surface area (Å²) in [7, 11) is 0. The van der Waals surface area contributed by atoms with Crippen molar-refractivity contribution in [2.24, 2.45) is 16.6 Å². The molecule has 1 heterocycles. The van der Waals surface area contributed by atoms with Gasteiger partial charge in [0.25, 0.3) is 0 Å². The number of hydrogen-bond donors (Lipinski definition) is 1. The van der Waals surface area contributed by atoms with Crippen molar-refractivity contribution in [2.45, 2.75) is 57.8 Å². The highest BCUT2D eigenvalue weighted by Crippen LogP contribution is 2.48. The topological polar surface area (TPSA) is 29.3 Å². The zero-order chi connectivity index (χ0) is 11.8. The first-order valence-corrected chi connectivity index (χ1v) is 7.69. The summed E-state index contributed by atoms with van der Waals surface area (Å²) < 4.78 is 0. The lowest BCUT2D eigenvalue weighted by Crippen LogP contribution is -2.44. The molecule has 2 N–H and O–H groups in total. The first-order chi connectivity index (χ1) is 8.26. The van der Waals surface area contributed by atoms with E-state index in [1.54, 1.807) is 0 Å². The highest BCUT2D eigenvalue weighted by Gasteiger charge is 2.44. The van der Waals surface area contributed by atoms with Gasteiger partial charge in [0.15, 0.2) is 0 Å². The average Bonchev–Trinajstić information content (AvgIpc) is 3.14. The summed E-state index contributed by atoms with van der Waals surface area (Å²) >= 11 is 0. The predicted molar refractivity (Wildman–Crippen MR) is 71.9 cm³/mol. The van der Waals surface area contributed by atoms with Gasteiger partial charge in [-0.25, -0.2) is 0 Å². The van der Waals surface area contributed by atoms with Gasteiger partial charge in [-0.3, -0.25) is 0 Å². The molecule has 2 saturated carbocycles. The van der Waals surface area contributed by atoms with Crippen LogP contribution in [0, 0.1) is 10.8 Å². The van der Waals surface area contributed by atoms with Gasteiger partial charge >= 0.3 is 0 Å².